The number of ether oxygens (including phenoxy) is 2. The van der Waals surface area contributed by atoms with Crippen molar-refractivity contribution in [3.63, 3.8) is 0 Å². The van der Waals surface area contributed by atoms with Crippen molar-refractivity contribution in [3.05, 3.63) is 70.6 Å². The van der Waals surface area contributed by atoms with Gasteiger partial charge >= 0.3 is 5.97 Å². The molecule has 0 spiro atoms. The molecule has 0 aliphatic carbocycles. The van der Waals surface area contributed by atoms with Crippen molar-refractivity contribution in [2.45, 2.75) is 12.5 Å². The molecule has 0 fully saturated rings. The number of pyridine rings is 1. The van der Waals surface area contributed by atoms with Crippen molar-refractivity contribution in [2.24, 2.45) is 0 Å². The molecule has 1 N–H and O–H groups in total. The number of carbonyl (C=O) groups is 2. The molecule has 1 unspecified atom stereocenters. The summed E-state index contributed by atoms with van der Waals surface area (Å²) in [6.45, 7) is 0. The zero-order valence-corrected chi connectivity index (χ0v) is 18.4. The van der Waals surface area contributed by atoms with Crippen LogP contribution in [-0.4, -0.2) is 48.7 Å². The summed E-state index contributed by atoms with van der Waals surface area (Å²) in [5.41, 5.74) is 0.518. The highest BCUT2D eigenvalue weighted by molar-refractivity contribution is 7.98. The molecule has 0 bridgehead atoms. The van der Waals surface area contributed by atoms with Crippen molar-refractivity contribution < 1.29 is 19.1 Å². The number of aromatic nitrogens is 1. The van der Waals surface area contributed by atoms with Gasteiger partial charge in [0.15, 0.2) is 0 Å². The lowest BCUT2D eigenvalue weighted by molar-refractivity contribution is -0.142. The molecule has 31 heavy (non-hydrogen) atoms. The largest absolute Gasteiger partial charge is 0.495 e. The minimum absolute atomic E-state index is 0.274. The maximum Gasteiger partial charge on any atom is 0.328 e. The van der Waals surface area contributed by atoms with Crippen molar-refractivity contribution in [3.8, 4) is 11.4 Å². The minimum atomic E-state index is -0.782. The second-order valence-electron chi connectivity index (χ2n) is 6.77. The maximum atomic E-state index is 13.2. The Hall–Kier alpha value is -3.26. The Morgan fingerprint density at radius 1 is 1.06 bits per heavy atom. The monoisotopic (exact) mass is 440 g/mol. The molecule has 7 nitrogen and oxygen atoms in total. The average molecular weight is 441 g/mol. The van der Waals surface area contributed by atoms with Gasteiger partial charge in [-0.25, -0.2) is 4.79 Å². The number of fused-ring (bicyclic) bond motifs is 1. The minimum Gasteiger partial charge on any atom is -0.495 e. The van der Waals surface area contributed by atoms with Gasteiger partial charge in [-0.2, -0.15) is 11.8 Å². The molecular formula is C23H24N2O5S. The Morgan fingerprint density at radius 3 is 2.42 bits per heavy atom. The summed E-state index contributed by atoms with van der Waals surface area (Å²) in [6, 6.07) is 13.2. The lowest BCUT2D eigenvalue weighted by Crippen LogP contribution is -2.42. The van der Waals surface area contributed by atoms with Crippen LogP contribution in [0, 0.1) is 0 Å². The van der Waals surface area contributed by atoms with E-state index in [9.17, 15) is 14.4 Å². The summed E-state index contributed by atoms with van der Waals surface area (Å²) in [7, 11) is 2.81. The van der Waals surface area contributed by atoms with Crippen molar-refractivity contribution in [1.29, 1.82) is 0 Å². The third kappa shape index (κ3) is 4.74. The SMILES string of the molecule is COC(=O)C(CCSC)NC(=O)c1cn(-c2ccccc2OC)c(=O)c2ccccc12. The number of nitrogens with one attached hydrogen (secondary N) is 1. The molecule has 2 aromatic carbocycles. The molecule has 1 aromatic heterocycles. The van der Waals surface area contributed by atoms with Gasteiger partial charge in [0.05, 0.1) is 25.5 Å². The molecule has 1 atom stereocenters. The Bertz CT molecular complexity index is 1160. The normalized spacial score (nSPS) is 11.7. The second kappa shape index (κ2) is 10.2. The van der Waals surface area contributed by atoms with Gasteiger partial charge in [-0.3, -0.25) is 14.2 Å². The molecule has 3 aromatic rings. The smallest absolute Gasteiger partial charge is 0.328 e. The molecule has 8 heteroatoms. The van der Waals surface area contributed by atoms with E-state index >= 15 is 0 Å². The van der Waals surface area contributed by atoms with Crippen molar-refractivity contribution >= 4 is 34.4 Å². The van der Waals surface area contributed by atoms with E-state index in [-0.39, 0.29) is 11.1 Å². The van der Waals surface area contributed by atoms with Crippen LogP contribution in [0.25, 0.3) is 16.5 Å². The van der Waals surface area contributed by atoms with E-state index in [1.54, 1.807) is 60.3 Å². The summed E-state index contributed by atoms with van der Waals surface area (Å²) < 4.78 is 11.6. The first-order chi connectivity index (χ1) is 15.0. The number of methoxy groups -OCH3 is 2. The Kier molecular flexibility index (Phi) is 7.36. The van der Waals surface area contributed by atoms with E-state index in [1.165, 1.54) is 25.0 Å². The highest BCUT2D eigenvalue weighted by Gasteiger charge is 2.24. The molecule has 0 saturated carbocycles. The average Bonchev–Trinajstić information content (AvgIpc) is 2.81. The van der Waals surface area contributed by atoms with Crippen LogP contribution in [0.4, 0.5) is 0 Å². The quantitative estimate of drug-likeness (QED) is 0.542. The fraction of sp³-hybridized carbons (Fsp3) is 0.261. The summed E-state index contributed by atoms with van der Waals surface area (Å²) in [5.74, 6) is 0.210. The molecule has 0 saturated heterocycles. The van der Waals surface area contributed by atoms with Crippen LogP contribution in [0.2, 0.25) is 0 Å². The van der Waals surface area contributed by atoms with Crippen molar-refractivity contribution in [2.75, 3.05) is 26.2 Å². The van der Waals surface area contributed by atoms with Gasteiger partial charge in [0.25, 0.3) is 11.5 Å². The number of nitrogens with zero attached hydrogens (tertiary/aromatic N) is 1. The van der Waals surface area contributed by atoms with E-state index in [4.69, 9.17) is 9.47 Å². The fourth-order valence-electron chi connectivity index (χ4n) is 3.34. The predicted molar refractivity (Wildman–Crippen MR) is 122 cm³/mol. The van der Waals surface area contributed by atoms with Gasteiger partial charge in [-0.1, -0.05) is 30.3 Å². The van der Waals surface area contributed by atoms with Gasteiger partial charge in [0, 0.05) is 17.0 Å². The Morgan fingerprint density at radius 2 is 1.74 bits per heavy atom. The highest BCUT2D eigenvalue weighted by atomic mass is 32.2. The lowest BCUT2D eigenvalue weighted by Gasteiger charge is -2.18. The summed E-state index contributed by atoms with van der Waals surface area (Å²) in [5, 5.41) is 3.66. The van der Waals surface area contributed by atoms with E-state index < -0.39 is 17.9 Å². The molecule has 0 aliphatic heterocycles. The van der Waals surface area contributed by atoms with Gasteiger partial charge in [0.2, 0.25) is 0 Å². The molecule has 0 aliphatic rings. The van der Waals surface area contributed by atoms with Gasteiger partial charge in [0.1, 0.15) is 11.8 Å². The van der Waals surface area contributed by atoms with E-state index in [0.717, 1.165) is 0 Å². The third-order valence-corrected chi connectivity index (χ3v) is 5.56. The van der Waals surface area contributed by atoms with Crippen molar-refractivity contribution in [1.82, 2.24) is 9.88 Å². The third-order valence-electron chi connectivity index (χ3n) is 4.92. The van der Waals surface area contributed by atoms with E-state index in [0.29, 0.717) is 34.4 Å². The van der Waals surface area contributed by atoms with Crippen LogP contribution in [0.1, 0.15) is 16.8 Å². The number of esters is 1. The number of rotatable bonds is 8. The maximum absolute atomic E-state index is 13.2. The highest BCUT2D eigenvalue weighted by Crippen LogP contribution is 2.24. The standard InChI is InChI=1S/C23H24N2O5S/c1-29-20-11-7-6-10-19(20)25-14-17(15-8-4-5-9-16(15)22(25)27)21(26)24-18(12-13-31-3)23(28)30-2/h4-11,14,18H,12-13H2,1-3H3,(H,24,26). The fourth-order valence-corrected chi connectivity index (χ4v) is 3.81. The van der Waals surface area contributed by atoms with Crippen LogP contribution < -0.4 is 15.6 Å². The van der Waals surface area contributed by atoms with Crippen LogP contribution in [0.15, 0.2) is 59.5 Å². The first kappa shape index (κ1) is 22.4. The zero-order chi connectivity index (χ0) is 22.4. The van der Waals surface area contributed by atoms with Crippen LogP contribution in [0.5, 0.6) is 5.75 Å². The van der Waals surface area contributed by atoms with Crippen LogP contribution >= 0.6 is 11.8 Å². The number of para-hydroxylation sites is 2. The zero-order valence-electron chi connectivity index (χ0n) is 17.6. The predicted octanol–water partition coefficient (Wildman–Crippen LogP) is 3.02. The number of benzene rings is 2. The number of hydrogen-bond donors (Lipinski definition) is 1. The number of thioether (sulfide) groups is 1. The summed E-state index contributed by atoms with van der Waals surface area (Å²) in [4.78, 5) is 38.6. The molecule has 162 valence electrons. The van der Waals surface area contributed by atoms with Gasteiger partial charge in [-0.15, -0.1) is 0 Å². The molecule has 0 radical (unpaired) electrons. The Labute approximate surface area is 184 Å². The first-order valence-electron chi connectivity index (χ1n) is 9.67. The van der Waals surface area contributed by atoms with Gasteiger partial charge in [-0.05, 0) is 36.6 Å². The number of hydrogen-bond acceptors (Lipinski definition) is 6. The second-order valence-corrected chi connectivity index (χ2v) is 7.75. The van der Waals surface area contributed by atoms with Gasteiger partial charge < -0.3 is 14.8 Å². The van der Waals surface area contributed by atoms with Crippen LogP contribution in [0.3, 0.4) is 0 Å². The molecule has 1 amide bonds. The summed E-state index contributed by atoms with van der Waals surface area (Å²) >= 11 is 1.57. The molecule has 1 heterocycles. The van der Waals surface area contributed by atoms with E-state index in [1.807, 2.05) is 6.26 Å². The molecule has 3 rings (SSSR count). The van der Waals surface area contributed by atoms with E-state index in [2.05, 4.69) is 5.32 Å². The topological polar surface area (TPSA) is 86.6 Å². The summed E-state index contributed by atoms with van der Waals surface area (Å²) in [6.07, 6.45) is 3.84. The number of carbonyl (C=O) groups excluding carboxylic acids is 2. The lowest BCUT2D eigenvalue weighted by atomic mass is 10.1. The number of amides is 1. The Balaban J connectivity index is 2.13. The first-order valence-corrected chi connectivity index (χ1v) is 11.1. The van der Waals surface area contributed by atoms with Crippen LogP contribution in [-0.2, 0) is 9.53 Å². The molecular weight excluding hydrogens is 416 g/mol.